The predicted octanol–water partition coefficient (Wildman–Crippen LogP) is 0.713. The zero-order chi connectivity index (χ0) is 16.0. The van der Waals surface area contributed by atoms with E-state index >= 15 is 0 Å². The maximum absolute atomic E-state index is 12.4. The first-order chi connectivity index (χ1) is 9.79. The molecule has 0 bridgehead atoms. The molecule has 1 unspecified atom stereocenters. The molecule has 1 N–H and O–H groups in total. The SMILES string of the molecule is CCS(=O)(=O)C1CSCCN1C(=O)N(C)CCCC(=O)O. The summed E-state index contributed by atoms with van der Waals surface area (Å²) in [5.41, 5.74) is 0. The van der Waals surface area contributed by atoms with E-state index in [1.807, 2.05) is 0 Å². The van der Waals surface area contributed by atoms with Gasteiger partial charge < -0.3 is 14.9 Å². The number of amides is 2. The number of carbonyl (C=O) groups is 2. The fraction of sp³-hybridized carbons (Fsp3) is 0.833. The van der Waals surface area contributed by atoms with Gasteiger partial charge in [0.25, 0.3) is 0 Å². The molecule has 0 radical (unpaired) electrons. The van der Waals surface area contributed by atoms with Gasteiger partial charge in [-0.15, -0.1) is 0 Å². The average molecular weight is 338 g/mol. The van der Waals surface area contributed by atoms with Crippen LogP contribution in [0.15, 0.2) is 0 Å². The van der Waals surface area contributed by atoms with E-state index in [-0.39, 0.29) is 18.2 Å². The second-order valence-electron chi connectivity index (χ2n) is 4.88. The quantitative estimate of drug-likeness (QED) is 0.766. The third-order valence-corrected chi connectivity index (χ3v) is 6.65. The number of aliphatic carboxylic acids is 1. The van der Waals surface area contributed by atoms with Crippen molar-refractivity contribution in [3.8, 4) is 0 Å². The van der Waals surface area contributed by atoms with Crippen LogP contribution in [0.1, 0.15) is 19.8 Å². The van der Waals surface area contributed by atoms with Crippen LogP contribution in [0, 0.1) is 0 Å². The van der Waals surface area contributed by atoms with Crippen LogP contribution in [0.2, 0.25) is 0 Å². The number of sulfone groups is 1. The third-order valence-electron chi connectivity index (χ3n) is 3.36. The molecule has 0 spiro atoms. The molecule has 1 heterocycles. The molecule has 1 atom stereocenters. The highest BCUT2D eigenvalue weighted by molar-refractivity contribution is 8.01. The van der Waals surface area contributed by atoms with E-state index in [9.17, 15) is 18.0 Å². The van der Waals surface area contributed by atoms with Crippen LogP contribution in [-0.2, 0) is 14.6 Å². The Balaban J connectivity index is 2.70. The maximum atomic E-state index is 12.4. The number of carboxylic acid groups (broad SMARTS) is 1. The van der Waals surface area contributed by atoms with Gasteiger partial charge in [-0.2, -0.15) is 11.8 Å². The Morgan fingerprint density at radius 2 is 2.10 bits per heavy atom. The minimum atomic E-state index is -3.32. The van der Waals surface area contributed by atoms with Gasteiger partial charge in [-0.05, 0) is 6.42 Å². The summed E-state index contributed by atoms with van der Waals surface area (Å²) in [5.74, 6) is 0.205. The number of carboxylic acids is 1. The number of carbonyl (C=O) groups excluding carboxylic acids is 1. The van der Waals surface area contributed by atoms with Crippen LogP contribution >= 0.6 is 11.8 Å². The van der Waals surface area contributed by atoms with Crippen LogP contribution in [-0.4, -0.2) is 78.1 Å². The molecule has 21 heavy (non-hydrogen) atoms. The second kappa shape index (κ2) is 7.88. The van der Waals surface area contributed by atoms with E-state index < -0.39 is 21.2 Å². The highest BCUT2D eigenvalue weighted by Gasteiger charge is 2.36. The molecule has 2 amide bonds. The third kappa shape index (κ3) is 5.06. The van der Waals surface area contributed by atoms with Crippen molar-refractivity contribution in [1.29, 1.82) is 0 Å². The zero-order valence-corrected chi connectivity index (χ0v) is 14.0. The Kier molecular flexibility index (Phi) is 6.79. The highest BCUT2D eigenvalue weighted by Crippen LogP contribution is 2.22. The van der Waals surface area contributed by atoms with E-state index in [1.165, 1.54) is 21.6 Å². The first-order valence-corrected chi connectivity index (χ1v) is 9.69. The minimum absolute atomic E-state index is 0.00470. The van der Waals surface area contributed by atoms with E-state index in [0.717, 1.165) is 0 Å². The molecule has 9 heteroatoms. The molecule has 0 aromatic heterocycles. The van der Waals surface area contributed by atoms with Crippen LogP contribution in [0.25, 0.3) is 0 Å². The predicted molar refractivity (Wildman–Crippen MR) is 82.2 cm³/mol. The van der Waals surface area contributed by atoms with Crippen molar-refractivity contribution in [3.63, 3.8) is 0 Å². The molecule has 1 fully saturated rings. The summed E-state index contributed by atoms with van der Waals surface area (Å²) >= 11 is 1.53. The topological polar surface area (TPSA) is 95.0 Å². The van der Waals surface area contributed by atoms with Gasteiger partial charge in [0.05, 0.1) is 0 Å². The van der Waals surface area contributed by atoms with Gasteiger partial charge in [0.15, 0.2) is 9.84 Å². The van der Waals surface area contributed by atoms with Crippen LogP contribution in [0.3, 0.4) is 0 Å². The van der Waals surface area contributed by atoms with Gasteiger partial charge in [-0.3, -0.25) is 4.79 Å². The van der Waals surface area contributed by atoms with Gasteiger partial charge in [0.2, 0.25) is 0 Å². The summed E-state index contributed by atoms with van der Waals surface area (Å²) in [6, 6.07) is -0.345. The smallest absolute Gasteiger partial charge is 0.320 e. The van der Waals surface area contributed by atoms with Gasteiger partial charge in [0.1, 0.15) is 5.37 Å². The molecule has 0 aliphatic carbocycles. The lowest BCUT2D eigenvalue weighted by Gasteiger charge is -2.37. The van der Waals surface area contributed by atoms with E-state index in [0.29, 0.717) is 31.0 Å². The van der Waals surface area contributed by atoms with Crippen molar-refractivity contribution in [3.05, 3.63) is 0 Å². The van der Waals surface area contributed by atoms with Crippen LogP contribution < -0.4 is 0 Å². The summed E-state index contributed by atoms with van der Waals surface area (Å²) in [6.45, 7) is 2.28. The van der Waals surface area contributed by atoms with Crippen molar-refractivity contribution in [1.82, 2.24) is 9.80 Å². The Morgan fingerprint density at radius 3 is 2.67 bits per heavy atom. The number of rotatable bonds is 6. The molecule has 0 aromatic carbocycles. The summed E-state index contributed by atoms with van der Waals surface area (Å²) < 4.78 is 24.2. The van der Waals surface area contributed by atoms with Gasteiger partial charge in [-0.1, -0.05) is 6.92 Å². The van der Waals surface area contributed by atoms with Gasteiger partial charge in [0, 0.05) is 43.8 Å². The highest BCUT2D eigenvalue weighted by atomic mass is 32.2. The molecule has 0 saturated carbocycles. The number of nitrogens with zero attached hydrogens (tertiary/aromatic N) is 2. The van der Waals surface area contributed by atoms with Gasteiger partial charge in [-0.25, -0.2) is 13.2 Å². The molecular weight excluding hydrogens is 316 g/mol. The molecule has 1 saturated heterocycles. The number of thioether (sulfide) groups is 1. The Hall–Kier alpha value is -0.960. The maximum Gasteiger partial charge on any atom is 0.320 e. The molecule has 1 rings (SSSR count). The molecule has 1 aliphatic rings. The number of hydrogen-bond acceptors (Lipinski definition) is 5. The second-order valence-corrected chi connectivity index (χ2v) is 8.47. The van der Waals surface area contributed by atoms with Crippen molar-refractivity contribution < 1.29 is 23.1 Å². The minimum Gasteiger partial charge on any atom is -0.481 e. The molecule has 0 aromatic rings. The molecule has 7 nitrogen and oxygen atoms in total. The number of urea groups is 1. The fourth-order valence-corrected chi connectivity index (χ4v) is 5.03. The fourth-order valence-electron chi connectivity index (χ4n) is 2.07. The average Bonchev–Trinajstić information content (AvgIpc) is 2.46. The first kappa shape index (κ1) is 18.1. The van der Waals surface area contributed by atoms with Crippen molar-refractivity contribution >= 4 is 33.6 Å². The Labute approximate surface area is 129 Å². The lowest BCUT2D eigenvalue weighted by molar-refractivity contribution is -0.137. The molecule has 1 aliphatic heterocycles. The standard InChI is InChI=1S/C12H22N2O5S2/c1-3-21(18,19)10-9-20-8-7-14(10)12(17)13(2)6-4-5-11(15)16/h10H,3-9H2,1-2H3,(H,15,16). The first-order valence-electron chi connectivity index (χ1n) is 6.82. The summed E-state index contributed by atoms with van der Waals surface area (Å²) in [5, 5.41) is 7.82. The van der Waals surface area contributed by atoms with Gasteiger partial charge >= 0.3 is 12.0 Å². The normalized spacial score (nSPS) is 19.3. The monoisotopic (exact) mass is 338 g/mol. The summed E-state index contributed by atoms with van der Waals surface area (Å²) in [7, 11) is -1.75. The molecule has 122 valence electrons. The van der Waals surface area contributed by atoms with Crippen LogP contribution in [0.4, 0.5) is 4.79 Å². The van der Waals surface area contributed by atoms with E-state index in [1.54, 1.807) is 14.0 Å². The number of hydrogen-bond donors (Lipinski definition) is 1. The summed E-state index contributed by atoms with van der Waals surface area (Å²) in [6.07, 6.45) is 0.343. The Morgan fingerprint density at radius 1 is 1.43 bits per heavy atom. The van der Waals surface area contributed by atoms with Crippen LogP contribution in [0.5, 0.6) is 0 Å². The zero-order valence-electron chi connectivity index (χ0n) is 12.3. The van der Waals surface area contributed by atoms with E-state index in [2.05, 4.69) is 0 Å². The van der Waals surface area contributed by atoms with Crippen molar-refractivity contribution in [2.45, 2.75) is 25.1 Å². The largest absolute Gasteiger partial charge is 0.481 e. The van der Waals surface area contributed by atoms with E-state index in [4.69, 9.17) is 5.11 Å². The van der Waals surface area contributed by atoms with Crippen molar-refractivity contribution in [2.75, 3.05) is 37.4 Å². The lowest BCUT2D eigenvalue weighted by atomic mass is 10.3. The van der Waals surface area contributed by atoms with Crippen molar-refractivity contribution in [2.24, 2.45) is 0 Å². The summed E-state index contributed by atoms with van der Waals surface area (Å²) in [4.78, 5) is 25.7. The lowest BCUT2D eigenvalue weighted by Crippen LogP contribution is -2.54. The molecular formula is C12H22N2O5S2. The Bertz CT molecular complexity index is 480.